The van der Waals surface area contributed by atoms with Crippen LogP contribution in [0, 0.1) is 0 Å². The van der Waals surface area contributed by atoms with E-state index >= 15 is 0 Å². The van der Waals surface area contributed by atoms with Gasteiger partial charge in [0.05, 0.1) is 5.56 Å². The number of ether oxygens (including phenoxy) is 2. The van der Waals surface area contributed by atoms with Crippen LogP contribution < -0.4 is 4.74 Å². The Morgan fingerprint density at radius 1 is 1.03 bits per heavy atom. The van der Waals surface area contributed by atoms with Crippen LogP contribution in [0.1, 0.15) is 104 Å². The maximum atomic E-state index is 12.7. The monoisotopic (exact) mass is 441 g/mol. The molecule has 2 aromatic rings. The van der Waals surface area contributed by atoms with Crippen molar-refractivity contribution in [2.45, 2.75) is 84.8 Å². The van der Waals surface area contributed by atoms with E-state index in [1.54, 1.807) is 0 Å². The maximum absolute atomic E-state index is 12.7. The lowest BCUT2D eigenvalue weighted by Crippen LogP contribution is -2.19. The first kappa shape index (κ1) is 25.4. The minimum Gasteiger partial charge on any atom is -0.486 e. The van der Waals surface area contributed by atoms with E-state index in [0.29, 0.717) is 5.92 Å². The molecule has 1 aromatic carbocycles. The largest absolute Gasteiger partial charge is 0.486 e. The highest BCUT2D eigenvalue weighted by Gasteiger charge is 2.20. The molecule has 6 nitrogen and oxygen atoms in total. The number of carbonyl (C=O) groups excluding carboxylic acids is 1. The van der Waals surface area contributed by atoms with E-state index in [1.807, 2.05) is 24.3 Å². The van der Waals surface area contributed by atoms with Crippen molar-refractivity contribution < 1.29 is 24.2 Å². The van der Waals surface area contributed by atoms with E-state index < -0.39 is 11.9 Å². The van der Waals surface area contributed by atoms with Crippen molar-refractivity contribution >= 4 is 11.9 Å². The fourth-order valence-electron chi connectivity index (χ4n) is 3.33. The first-order valence-electron chi connectivity index (χ1n) is 11.5. The lowest BCUT2D eigenvalue weighted by atomic mass is 10.0. The van der Waals surface area contributed by atoms with Gasteiger partial charge in [-0.1, -0.05) is 77.6 Å². The number of rotatable bonds is 13. The summed E-state index contributed by atoms with van der Waals surface area (Å²) in [4.78, 5) is 28.3. The number of unbranched alkanes of at least 4 members (excludes halogenated alkanes) is 2. The average molecular weight is 442 g/mol. The molecule has 2 rings (SSSR count). The quantitative estimate of drug-likeness (QED) is 0.363. The van der Waals surface area contributed by atoms with Crippen molar-refractivity contribution in [2.24, 2.45) is 0 Å². The molecule has 1 heterocycles. The lowest BCUT2D eigenvalue weighted by molar-refractivity contribution is 0.0249. The highest BCUT2D eigenvalue weighted by Crippen LogP contribution is 2.23. The van der Waals surface area contributed by atoms with Gasteiger partial charge in [-0.25, -0.2) is 14.6 Å². The third-order valence-corrected chi connectivity index (χ3v) is 5.36. The summed E-state index contributed by atoms with van der Waals surface area (Å²) in [5, 5.41) is 9.47. The molecule has 0 bridgehead atoms. The summed E-state index contributed by atoms with van der Waals surface area (Å²) in [6, 6.07) is 9.37. The molecule has 0 saturated heterocycles. The lowest BCUT2D eigenvalue weighted by Gasteiger charge is -2.18. The van der Waals surface area contributed by atoms with Crippen molar-refractivity contribution in [2.75, 3.05) is 0 Å². The first-order chi connectivity index (χ1) is 15.3. The Labute approximate surface area is 191 Å². The fraction of sp³-hybridized carbons (Fsp3) is 0.500. The van der Waals surface area contributed by atoms with Gasteiger partial charge in [0, 0.05) is 6.20 Å². The predicted molar refractivity (Wildman–Crippen MR) is 124 cm³/mol. The fourth-order valence-corrected chi connectivity index (χ4v) is 3.33. The summed E-state index contributed by atoms with van der Waals surface area (Å²) < 4.78 is 11.5. The van der Waals surface area contributed by atoms with E-state index in [4.69, 9.17) is 9.47 Å². The number of carboxylic acids is 1. The number of hydrogen-bond acceptors (Lipinski definition) is 5. The molecule has 0 saturated carbocycles. The Balaban J connectivity index is 2.14. The number of benzene rings is 1. The number of esters is 1. The van der Waals surface area contributed by atoms with E-state index in [0.717, 1.165) is 44.1 Å². The molecule has 0 spiro atoms. The highest BCUT2D eigenvalue weighted by molar-refractivity contribution is 5.93. The van der Waals surface area contributed by atoms with E-state index in [-0.39, 0.29) is 29.7 Å². The molecule has 174 valence electrons. The zero-order chi connectivity index (χ0) is 23.5. The normalized spacial score (nSPS) is 11.1. The van der Waals surface area contributed by atoms with Crippen LogP contribution in [0.15, 0.2) is 36.5 Å². The van der Waals surface area contributed by atoms with E-state index in [2.05, 4.69) is 32.7 Å². The van der Waals surface area contributed by atoms with E-state index in [9.17, 15) is 14.7 Å². The minimum absolute atomic E-state index is 0.0542. The van der Waals surface area contributed by atoms with Gasteiger partial charge in [-0.3, -0.25) is 0 Å². The Morgan fingerprint density at radius 3 is 2.19 bits per heavy atom. The molecular formula is C26H35NO5. The predicted octanol–water partition coefficient (Wildman–Crippen LogP) is 6.39. The summed E-state index contributed by atoms with van der Waals surface area (Å²) in [5.74, 6) is -1.23. The second-order valence-corrected chi connectivity index (χ2v) is 8.37. The second-order valence-electron chi connectivity index (χ2n) is 8.37. The van der Waals surface area contributed by atoms with Gasteiger partial charge in [-0.15, -0.1) is 0 Å². The number of nitrogens with zero attached hydrogens (tertiary/aromatic N) is 1. The number of aromatic nitrogens is 1. The van der Waals surface area contributed by atoms with Gasteiger partial charge in [0.2, 0.25) is 0 Å². The third kappa shape index (κ3) is 7.66. The summed E-state index contributed by atoms with van der Waals surface area (Å²) in [6.45, 7) is 8.63. The zero-order valence-corrected chi connectivity index (χ0v) is 19.6. The molecule has 0 amide bonds. The van der Waals surface area contributed by atoms with Gasteiger partial charge >= 0.3 is 11.9 Å². The van der Waals surface area contributed by atoms with Gasteiger partial charge in [-0.05, 0) is 36.0 Å². The first-order valence-corrected chi connectivity index (χ1v) is 11.5. The highest BCUT2D eigenvalue weighted by atomic mass is 16.5. The molecule has 0 aliphatic rings. The van der Waals surface area contributed by atoms with Crippen molar-refractivity contribution in [3.05, 3.63) is 58.9 Å². The van der Waals surface area contributed by atoms with Crippen molar-refractivity contribution in [1.29, 1.82) is 0 Å². The van der Waals surface area contributed by atoms with Gasteiger partial charge in [0.25, 0.3) is 0 Å². The molecule has 0 aliphatic heterocycles. The SMILES string of the molecule is CCCCC(CCCC)OC(=O)c1cnc(C(=O)O)c(OCc2ccc(C(C)C)cc2)c1. The molecule has 1 aromatic heterocycles. The topological polar surface area (TPSA) is 85.7 Å². The van der Waals surface area contributed by atoms with Crippen molar-refractivity contribution in [3.63, 3.8) is 0 Å². The summed E-state index contributed by atoms with van der Waals surface area (Å²) in [6.07, 6.45) is 6.77. The summed E-state index contributed by atoms with van der Waals surface area (Å²) in [5.41, 5.74) is 2.08. The third-order valence-electron chi connectivity index (χ3n) is 5.36. The minimum atomic E-state index is -1.21. The summed E-state index contributed by atoms with van der Waals surface area (Å²) in [7, 11) is 0. The second kappa shape index (κ2) is 12.8. The van der Waals surface area contributed by atoms with Gasteiger partial charge in [0.15, 0.2) is 11.4 Å². The van der Waals surface area contributed by atoms with Crippen LogP contribution in [0.25, 0.3) is 0 Å². The standard InChI is InChI=1S/C26H35NO5/c1-5-7-9-22(10-8-6-2)32-26(30)21-15-23(24(25(28)29)27-16-21)31-17-19-11-13-20(14-12-19)18(3)4/h11-16,18,22H,5-10,17H2,1-4H3,(H,28,29). The van der Waals surface area contributed by atoms with Crippen molar-refractivity contribution in [3.8, 4) is 5.75 Å². The Morgan fingerprint density at radius 2 is 1.66 bits per heavy atom. The molecule has 0 radical (unpaired) electrons. The van der Waals surface area contributed by atoms with Gasteiger partial charge in [-0.2, -0.15) is 0 Å². The maximum Gasteiger partial charge on any atom is 0.358 e. The van der Waals surface area contributed by atoms with Crippen LogP contribution in [-0.4, -0.2) is 28.1 Å². The van der Waals surface area contributed by atoms with Crippen molar-refractivity contribution in [1.82, 2.24) is 4.98 Å². The van der Waals surface area contributed by atoms with Crippen LogP contribution in [0.5, 0.6) is 5.75 Å². The van der Waals surface area contributed by atoms with Crippen LogP contribution in [-0.2, 0) is 11.3 Å². The Bertz CT molecular complexity index is 868. The number of hydrogen-bond donors (Lipinski definition) is 1. The number of aromatic carboxylic acids is 1. The molecular weight excluding hydrogens is 406 g/mol. The summed E-state index contributed by atoms with van der Waals surface area (Å²) >= 11 is 0. The molecule has 0 atom stereocenters. The average Bonchev–Trinajstić information content (AvgIpc) is 2.79. The van der Waals surface area contributed by atoms with Gasteiger partial charge in [0.1, 0.15) is 12.7 Å². The zero-order valence-electron chi connectivity index (χ0n) is 19.6. The molecule has 32 heavy (non-hydrogen) atoms. The molecule has 0 fully saturated rings. The van der Waals surface area contributed by atoms with Crippen LogP contribution >= 0.6 is 0 Å². The molecule has 0 aliphatic carbocycles. The number of pyridine rings is 1. The number of carboxylic acid groups (broad SMARTS) is 1. The van der Waals surface area contributed by atoms with Crippen LogP contribution in [0.4, 0.5) is 0 Å². The van der Waals surface area contributed by atoms with Gasteiger partial charge < -0.3 is 14.6 Å². The Hall–Kier alpha value is -2.89. The molecule has 0 unspecified atom stereocenters. The van der Waals surface area contributed by atoms with Crippen LogP contribution in [0.3, 0.4) is 0 Å². The molecule has 1 N–H and O–H groups in total. The van der Waals surface area contributed by atoms with Crippen LogP contribution in [0.2, 0.25) is 0 Å². The smallest absolute Gasteiger partial charge is 0.358 e. The Kier molecular flexibility index (Phi) is 10.2. The molecule has 6 heteroatoms. The van der Waals surface area contributed by atoms with E-state index in [1.165, 1.54) is 17.8 Å². The number of carbonyl (C=O) groups is 2.